The maximum absolute atomic E-state index is 13.1. The van der Waals surface area contributed by atoms with Crippen LogP contribution >= 0.6 is 0 Å². The summed E-state index contributed by atoms with van der Waals surface area (Å²) in [6.07, 6.45) is 6.34. The highest BCUT2D eigenvalue weighted by Gasteiger charge is 2.54. The van der Waals surface area contributed by atoms with E-state index in [9.17, 15) is 9.59 Å². The minimum absolute atomic E-state index is 0.111. The second kappa shape index (κ2) is 5.66. The lowest BCUT2D eigenvalue weighted by Gasteiger charge is -2.44. The summed E-state index contributed by atoms with van der Waals surface area (Å²) in [5.74, 6) is 0.338. The molecule has 4 nitrogen and oxygen atoms in total. The monoisotopic (exact) mass is 312 g/mol. The zero-order valence-electron chi connectivity index (χ0n) is 13.5. The topological polar surface area (TPSA) is 40.6 Å². The van der Waals surface area contributed by atoms with E-state index in [1.807, 2.05) is 35.2 Å². The number of carbonyl (C=O) groups is 2. The van der Waals surface area contributed by atoms with Crippen LogP contribution in [-0.2, 0) is 16.0 Å². The van der Waals surface area contributed by atoms with Gasteiger partial charge in [-0.25, -0.2) is 0 Å². The molecule has 2 saturated heterocycles. The summed E-state index contributed by atoms with van der Waals surface area (Å²) in [5, 5.41) is 0. The molecule has 1 aromatic carbocycles. The molecular formula is C19H24N2O2. The average Bonchev–Trinajstić information content (AvgIpc) is 3.31. The van der Waals surface area contributed by atoms with Crippen LogP contribution in [0.3, 0.4) is 0 Å². The molecule has 4 heteroatoms. The van der Waals surface area contributed by atoms with E-state index < -0.39 is 5.54 Å². The fraction of sp³-hybridized carbons (Fsp3) is 0.579. The van der Waals surface area contributed by atoms with E-state index in [1.165, 1.54) is 0 Å². The van der Waals surface area contributed by atoms with Crippen molar-refractivity contribution in [2.24, 2.45) is 0 Å². The quantitative estimate of drug-likeness (QED) is 0.860. The van der Waals surface area contributed by atoms with Gasteiger partial charge in [-0.2, -0.15) is 0 Å². The Hall–Kier alpha value is -1.84. The Morgan fingerprint density at radius 3 is 2.48 bits per heavy atom. The number of carbonyl (C=O) groups excluding carboxylic acids is 2. The number of hydrogen-bond acceptors (Lipinski definition) is 2. The van der Waals surface area contributed by atoms with Gasteiger partial charge in [0.15, 0.2) is 0 Å². The van der Waals surface area contributed by atoms with Crippen LogP contribution in [-0.4, -0.2) is 46.3 Å². The number of hydrogen-bond donors (Lipinski definition) is 0. The van der Waals surface area contributed by atoms with Gasteiger partial charge in [0.2, 0.25) is 11.8 Å². The molecule has 4 rings (SSSR count). The molecule has 1 aromatic rings. The van der Waals surface area contributed by atoms with Crippen LogP contribution in [0.2, 0.25) is 0 Å². The van der Waals surface area contributed by atoms with Gasteiger partial charge in [0.1, 0.15) is 5.54 Å². The van der Waals surface area contributed by atoms with Crippen molar-refractivity contribution in [1.82, 2.24) is 9.80 Å². The Morgan fingerprint density at radius 1 is 1.09 bits per heavy atom. The zero-order chi connectivity index (χ0) is 15.9. The molecule has 2 heterocycles. The van der Waals surface area contributed by atoms with Crippen molar-refractivity contribution in [2.45, 2.75) is 56.5 Å². The first-order valence-corrected chi connectivity index (χ1v) is 8.86. The molecule has 3 fully saturated rings. The number of likely N-dealkylation sites (tertiary alicyclic amines) is 2. The summed E-state index contributed by atoms with van der Waals surface area (Å²) >= 11 is 0. The average molecular weight is 312 g/mol. The third-order valence-electron chi connectivity index (χ3n) is 5.62. The predicted octanol–water partition coefficient (Wildman–Crippen LogP) is 2.38. The van der Waals surface area contributed by atoms with E-state index in [0.717, 1.165) is 57.2 Å². The van der Waals surface area contributed by atoms with Crippen molar-refractivity contribution in [1.29, 1.82) is 0 Å². The summed E-state index contributed by atoms with van der Waals surface area (Å²) in [7, 11) is 0. The van der Waals surface area contributed by atoms with Crippen molar-refractivity contribution >= 4 is 11.8 Å². The number of piperidine rings is 1. The van der Waals surface area contributed by atoms with E-state index in [2.05, 4.69) is 4.90 Å². The van der Waals surface area contributed by atoms with Crippen molar-refractivity contribution in [3.8, 4) is 0 Å². The Labute approximate surface area is 137 Å². The molecule has 2 amide bonds. The molecule has 0 bridgehead atoms. The van der Waals surface area contributed by atoms with Gasteiger partial charge in [0, 0.05) is 19.1 Å². The van der Waals surface area contributed by atoms with Crippen LogP contribution in [0.1, 0.15) is 44.1 Å². The third kappa shape index (κ3) is 2.54. The molecule has 0 N–H and O–H groups in total. The maximum Gasteiger partial charge on any atom is 0.248 e. The van der Waals surface area contributed by atoms with Crippen molar-refractivity contribution in [3.05, 3.63) is 35.9 Å². The zero-order valence-corrected chi connectivity index (χ0v) is 13.5. The molecule has 3 aliphatic rings. The minimum Gasteiger partial charge on any atom is -0.338 e. The van der Waals surface area contributed by atoms with Crippen molar-refractivity contribution < 1.29 is 9.59 Å². The van der Waals surface area contributed by atoms with Crippen LogP contribution < -0.4 is 0 Å². The van der Waals surface area contributed by atoms with Gasteiger partial charge in [-0.05, 0) is 44.1 Å². The Kier molecular flexibility index (Phi) is 3.63. The molecule has 122 valence electrons. The molecule has 2 aliphatic heterocycles. The van der Waals surface area contributed by atoms with Gasteiger partial charge < -0.3 is 9.80 Å². The minimum atomic E-state index is -0.535. The first-order chi connectivity index (χ1) is 11.2. The Morgan fingerprint density at radius 2 is 1.78 bits per heavy atom. The van der Waals surface area contributed by atoms with Gasteiger partial charge in [0.25, 0.3) is 0 Å². The van der Waals surface area contributed by atoms with Crippen molar-refractivity contribution in [3.63, 3.8) is 0 Å². The third-order valence-corrected chi connectivity index (χ3v) is 5.62. The lowest BCUT2D eigenvalue weighted by atomic mass is 9.85. The fourth-order valence-corrected chi connectivity index (χ4v) is 4.34. The lowest BCUT2D eigenvalue weighted by Crippen LogP contribution is -2.62. The van der Waals surface area contributed by atoms with Crippen LogP contribution in [0, 0.1) is 0 Å². The molecular weight excluding hydrogens is 288 g/mol. The lowest BCUT2D eigenvalue weighted by molar-refractivity contribution is -0.155. The van der Waals surface area contributed by atoms with Crippen LogP contribution in [0.4, 0.5) is 0 Å². The van der Waals surface area contributed by atoms with Gasteiger partial charge in [0.05, 0.1) is 6.42 Å². The standard InChI is InChI=1S/C19H24N2O2/c22-17(14-15-6-2-1-3-7-15)21-13-5-11-19(21)10-4-12-20(18(19)23)16-8-9-16/h1-3,6-7,16H,4-5,8-14H2. The molecule has 23 heavy (non-hydrogen) atoms. The van der Waals surface area contributed by atoms with E-state index >= 15 is 0 Å². The molecule has 1 saturated carbocycles. The smallest absolute Gasteiger partial charge is 0.248 e. The van der Waals surface area contributed by atoms with E-state index in [0.29, 0.717) is 12.5 Å². The van der Waals surface area contributed by atoms with Gasteiger partial charge in [-0.1, -0.05) is 30.3 Å². The first kappa shape index (κ1) is 14.7. The Balaban J connectivity index is 1.55. The summed E-state index contributed by atoms with van der Waals surface area (Å²) in [4.78, 5) is 30.0. The van der Waals surface area contributed by atoms with Gasteiger partial charge in [-0.3, -0.25) is 9.59 Å². The fourth-order valence-electron chi connectivity index (χ4n) is 4.34. The first-order valence-electron chi connectivity index (χ1n) is 8.86. The van der Waals surface area contributed by atoms with Gasteiger partial charge in [-0.15, -0.1) is 0 Å². The summed E-state index contributed by atoms with van der Waals surface area (Å²) < 4.78 is 0. The summed E-state index contributed by atoms with van der Waals surface area (Å²) in [6.45, 7) is 1.61. The predicted molar refractivity (Wildman–Crippen MR) is 87.8 cm³/mol. The molecule has 1 aliphatic carbocycles. The second-order valence-corrected chi connectivity index (χ2v) is 7.18. The largest absolute Gasteiger partial charge is 0.338 e. The highest BCUT2D eigenvalue weighted by molar-refractivity contribution is 5.93. The summed E-state index contributed by atoms with van der Waals surface area (Å²) in [6, 6.07) is 10.3. The van der Waals surface area contributed by atoms with E-state index in [4.69, 9.17) is 0 Å². The second-order valence-electron chi connectivity index (χ2n) is 7.18. The molecule has 1 atom stereocenters. The molecule has 0 aromatic heterocycles. The van der Waals surface area contributed by atoms with Crippen LogP contribution in [0.5, 0.6) is 0 Å². The number of nitrogens with zero attached hydrogens (tertiary/aromatic N) is 2. The molecule has 0 radical (unpaired) electrons. The SMILES string of the molecule is O=C(Cc1ccccc1)N1CCCC12CCCN(C1CC1)C2=O. The van der Waals surface area contributed by atoms with Crippen LogP contribution in [0.15, 0.2) is 30.3 Å². The number of amides is 2. The Bertz CT molecular complexity index is 611. The normalized spacial score (nSPS) is 27.7. The van der Waals surface area contributed by atoms with Gasteiger partial charge >= 0.3 is 0 Å². The van der Waals surface area contributed by atoms with Crippen molar-refractivity contribution in [2.75, 3.05) is 13.1 Å². The molecule has 1 unspecified atom stereocenters. The highest BCUT2D eigenvalue weighted by atomic mass is 16.2. The number of rotatable bonds is 3. The maximum atomic E-state index is 13.1. The highest BCUT2D eigenvalue weighted by Crippen LogP contribution is 2.41. The van der Waals surface area contributed by atoms with Crippen LogP contribution in [0.25, 0.3) is 0 Å². The summed E-state index contributed by atoms with van der Waals surface area (Å²) in [5.41, 5.74) is 0.494. The van der Waals surface area contributed by atoms with E-state index in [1.54, 1.807) is 0 Å². The van der Waals surface area contributed by atoms with E-state index in [-0.39, 0.29) is 11.8 Å². The molecule has 1 spiro atoms. The number of benzene rings is 1.